The van der Waals surface area contributed by atoms with Crippen molar-refractivity contribution in [1.82, 2.24) is 14.9 Å². The number of piperidine rings is 1. The Kier molecular flexibility index (Phi) is 3.37. The van der Waals surface area contributed by atoms with Gasteiger partial charge in [0.1, 0.15) is 5.69 Å². The molecule has 1 aliphatic rings. The van der Waals surface area contributed by atoms with E-state index in [9.17, 15) is 19.5 Å². The van der Waals surface area contributed by atoms with E-state index < -0.39 is 11.4 Å². The van der Waals surface area contributed by atoms with Crippen LogP contribution in [0.25, 0.3) is 0 Å². The van der Waals surface area contributed by atoms with Crippen molar-refractivity contribution >= 4 is 11.9 Å². The molecule has 0 aromatic carbocycles. The number of carboxylic acids is 1. The van der Waals surface area contributed by atoms with Crippen molar-refractivity contribution in [2.24, 2.45) is 5.41 Å². The Morgan fingerprint density at radius 1 is 1.53 bits per heavy atom. The maximum absolute atomic E-state index is 12.2. The standard InChI is InChI=1S/C12H15N3O4/c1-12(11(18)19)3-2-4-15(7-12)10(17)8-5-14-9(16)6-13-8/h5-6H,2-4,7H2,1H3,(H,14,16)(H,18,19). The van der Waals surface area contributed by atoms with Gasteiger partial charge in [-0.15, -0.1) is 0 Å². The lowest BCUT2D eigenvalue weighted by atomic mass is 9.82. The van der Waals surface area contributed by atoms with Gasteiger partial charge in [-0.3, -0.25) is 14.4 Å². The monoisotopic (exact) mass is 265 g/mol. The highest BCUT2D eigenvalue weighted by atomic mass is 16.4. The van der Waals surface area contributed by atoms with Crippen molar-refractivity contribution in [2.45, 2.75) is 19.8 Å². The second-order valence-electron chi connectivity index (χ2n) is 4.99. The van der Waals surface area contributed by atoms with E-state index in [1.54, 1.807) is 6.92 Å². The first-order chi connectivity index (χ1) is 8.92. The average molecular weight is 265 g/mol. The summed E-state index contributed by atoms with van der Waals surface area (Å²) in [5.74, 6) is -1.26. The van der Waals surface area contributed by atoms with Crippen molar-refractivity contribution in [3.8, 4) is 0 Å². The van der Waals surface area contributed by atoms with E-state index in [1.807, 2.05) is 0 Å². The van der Waals surface area contributed by atoms with Gasteiger partial charge in [-0.1, -0.05) is 0 Å². The smallest absolute Gasteiger partial charge is 0.311 e. The molecule has 1 aromatic heterocycles. The predicted molar refractivity (Wildman–Crippen MR) is 65.7 cm³/mol. The van der Waals surface area contributed by atoms with Crippen LogP contribution in [0, 0.1) is 5.41 Å². The summed E-state index contributed by atoms with van der Waals surface area (Å²) in [7, 11) is 0. The molecule has 2 N–H and O–H groups in total. The molecule has 1 unspecified atom stereocenters. The molecular weight excluding hydrogens is 250 g/mol. The van der Waals surface area contributed by atoms with E-state index in [1.165, 1.54) is 11.1 Å². The molecule has 0 saturated carbocycles. The van der Waals surface area contributed by atoms with Crippen LogP contribution in [0.3, 0.4) is 0 Å². The van der Waals surface area contributed by atoms with Crippen molar-refractivity contribution in [1.29, 1.82) is 0 Å². The number of amides is 1. The number of nitrogens with zero attached hydrogens (tertiary/aromatic N) is 2. The topological polar surface area (TPSA) is 103 Å². The van der Waals surface area contributed by atoms with E-state index in [-0.39, 0.29) is 23.7 Å². The highest BCUT2D eigenvalue weighted by Crippen LogP contribution is 2.30. The first kappa shape index (κ1) is 13.3. The van der Waals surface area contributed by atoms with Gasteiger partial charge in [0.25, 0.3) is 11.5 Å². The molecule has 1 atom stereocenters. The summed E-state index contributed by atoms with van der Waals surface area (Å²) in [5.41, 5.74) is -1.18. The summed E-state index contributed by atoms with van der Waals surface area (Å²) in [6.07, 6.45) is 3.47. The zero-order valence-corrected chi connectivity index (χ0v) is 10.5. The number of aromatic nitrogens is 2. The Morgan fingerprint density at radius 2 is 2.26 bits per heavy atom. The van der Waals surface area contributed by atoms with Gasteiger partial charge in [0.05, 0.1) is 11.6 Å². The number of rotatable bonds is 2. The number of aliphatic carboxylic acids is 1. The van der Waals surface area contributed by atoms with Crippen molar-refractivity contribution < 1.29 is 14.7 Å². The second kappa shape index (κ2) is 4.83. The number of carboxylic acid groups (broad SMARTS) is 1. The number of hydrogen-bond acceptors (Lipinski definition) is 4. The maximum Gasteiger partial charge on any atom is 0.311 e. The third-order valence-electron chi connectivity index (χ3n) is 3.39. The third-order valence-corrected chi connectivity index (χ3v) is 3.39. The van der Waals surface area contributed by atoms with Crippen molar-refractivity contribution in [3.63, 3.8) is 0 Å². The Hall–Kier alpha value is -2.18. The first-order valence-corrected chi connectivity index (χ1v) is 6.00. The van der Waals surface area contributed by atoms with Gasteiger partial charge in [-0.05, 0) is 19.8 Å². The molecule has 1 aromatic rings. The van der Waals surface area contributed by atoms with Crippen molar-refractivity contribution in [2.75, 3.05) is 13.1 Å². The lowest BCUT2D eigenvalue weighted by Gasteiger charge is -2.37. The minimum absolute atomic E-state index is 0.120. The number of carbonyl (C=O) groups excluding carboxylic acids is 1. The van der Waals surface area contributed by atoms with Crippen LogP contribution in [0.15, 0.2) is 17.2 Å². The fourth-order valence-electron chi connectivity index (χ4n) is 2.21. The predicted octanol–water partition coefficient (Wildman–Crippen LogP) is 0.0968. The van der Waals surface area contributed by atoms with Crippen LogP contribution in [0.2, 0.25) is 0 Å². The Morgan fingerprint density at radius 3 is 2.84 bits per heavy atom. The Labute approximate surface area is 109 Å². The molecule has 19 heavy (non-hydrogen) atoms. The van der Waals surface area contributed by atoms with Gasteiger partial charge in [-0.25, -0.2) is 4.98 Å². The molecule has 1 amide bonds. The van der Waals surface area contributed by atoms with Crippen LogP contribution >= 0.6 is 0 Å². The molecule has 0 bridgehead atoms. The molecule has 2 heterocycles. The van der Waals surface area contributed by atoms with E-state index >= 15 is 0 Å². The van der Waals surface area contributed by atoms with Gasteiger partial charge in [0.2, 0.25) is 0 Å². The zero-order chi connectivity index (χ0) is 14.0. The van der Waals surface area contributed by atoms with E-state index in [0.717, 1.165) is 6.20 Å². The van der Waals surface area contributed by atoms with Gasteiger partial charge in [0.15, 0.2) is 0 Å². The van der Waals surface area contributed by atoms with E-state index in [4.69, 9.17) is 0 Å². The van der Waals surface area contributed by atoms with Crippen LogP contribution in [0.1, 0.15) is 30.3 Å². The average Bonchev–Trinajstić information content (AvgIpc) is 2.39. The molecule has 0 aliphatic carbocycles. The molecular formula is C12H15N3O4. The summed E-state index contributed by atoms with van der Waals surface area (Å²) >= 11 is 0. The number of carbonyl (C=O) groups is 2. The third kappa shape index (κ3) is 2.64. The Bertz CT molecular complexity index is 548. The summed E-state index contributed by atoms with van der Waals surface area (Å²) in [6, 6.07) is 0. The largest absolute Gasteiger partial charge is 0.481 e. The molecule has 1 aliphatic heterocycles. The molecule has 2 rings (SSSR count). The fraction of sp³-hybridized carbons (Fsp3) is 0.500. The number of nitrogens with one attached hydrogen (secondary N) is 1. The molecule has 1 fully saturated rings. The molecule has 7 nitrogen and oxygen atoms in total. The zero-order valence-electron chi connectivity index (χ0n) is 10.5. The molecule has 1 saturated heterocycles. The second-order valence-corrected chi connectivity index (χ2v) is 4.99. The number of likely N-dealkylation sites (tertiary alicyclic amines) is 1. The SMILES string of the molecule is CC1(C(=O)O)CCCN(C(=O)c2c[nH]c(=O)cn2)C1. The Balaban J connectivity index is 2.18. The van der Waals surface area contributed by atoms with E-state index in [0.29, 0.717) is 19.4 Å². The van der Waals surface area contributed by atoms with Crippen LogP contribution in [0.5, 0.6) is 0 Å². The quantitative estimate of drug-likeness (QED) is 0.789. The first-order valence-electron chi connectivity index (χ1n) is 6.00. The van der Waals surface area contributed by atoms with Gasteiger partial charge >= 0.3 is 5.97 Å². The lowest BCUT2D eigenvalue weighted by molar-refractivity contribution is -0.150. The highest BCUT2D eigenvalue weighted by Gasteiger charge is 2.39. The minimum Gasteiger partial charge on any atom is -0.481 e. The minimum atomic E-state index is -0.921. The lowest BCUT2D eigenvalue weighted by Crippen LogP contribution is -2.48. The van der Waals surface area contributed by atoms with E-state index in [2.05, 4.69) is 9.97 Å². The number of H-pyrrole nitrogens is 1. The summed E-state index contributed by atoms with van der Waals surface area (Å²) in [4.78, 5) is 41.9. The fourth-order valence-corrected chi connectivity index (χ4v) is 2.21. The molecule has 0 radical (unpaired) electrons. The summed E-state index contributed by atoms with van der Waals surface area (Å²) in [6.45, 7) is 2.29. The normalized spacial score (nSPS) is 23.1. The number of hydrogen-bond donors (Lipinski definition) is 2. The van der Waals surface area contributed by atoms with Crippen LogP contribution < -0.4 is 5.56 Å². The highest BCUT2D eigenvalue weighted by molar-refractivity contribution is 5.92. The van der Waals surface area contributed by atoms with Gasteiger partial charge in [0, 0.05) is 19.3 Å². The molecule has 7 heteroatoms. The molecule has 102 valence electrons. The van der Waals surface area contributed by atoms with Crippen LogP contribution in [0.4, 0.5) is 0 Å². The number of aromatic amines is 1. The summed E-state index contributed by atoms with van der Waals surface area (Å²) in [5, 5.41) is 9.20. The molecule has 0 spiro atoms. The van der Waals surface area contributed by atoms with Crippen molar-refractivity contribution in [3.05, 3.63) is 28.4 Å². The van der Waals surface area contributed by atoms with Gasteiger partial charge in [-0.2, -0.15) is 0 Å². The summed E-state index contributed by atoms with van der Waals surface area (Å²) < 4.78 is 0. The van der Waals surface area contributed by atoms with Gasteiger partial charge < -0.3 is 15.0 Å². The maximum atomic E-state index is 12.2. The van der Waals surface area contributed by atoms with Crippen LogP contribution in [-0.2, 0) is 4.79 Å². The van der Waals surface area contributed by atoms with Crippen LogP contribution in [-0.4, -0.2) is 44.9 Å².